The monoisotopic (exact) mass is 314 g/mol. The summed E-state index contributed by atoms with van der Waals surface area (Å²) in [7, 11) is 3.65. The molecule has 1 amide bonds. The summed E-state index contributed by atoms with van der Waals surface area (Å²) < 4.78 is 0. The zero-order chi connectivity index (χ0) is 15.5. The maximum Gasteiger partial charge on any atom is 0.223 e. The second-order valence-corrected chi connectivity index (χ2v) is 6.94. The molecule has 3 nitrogen and oxygen atoms in total. The number of hydrogen-bond acceptors (Lipinski definition) is 3. The maximum atomic E-state index is 11.9. The van der Waals surface area contributed by atoms with Crippen molar-refractivity contribution < 1.29 is 4.79 Å². The molecule has 0 fully saturated rings. The standard InChI is InChI=1S/C18H22N2OS/c1-19(2)17(21)9-12-20-11-8-16-15(10-13-22-16)18(20)14-6-4-3-5-7-14/h3-7,10,13,18H,8-9,11-12H2,1-2H3/t18-/m0/s1. The van der Waals surface area contributed by atoms with Crippen LogP contribution in [-0.4, -0.2) is 42.9 Å². The third-order valence-electron chi connectivity index (χ3n) is 4.29. The van der Waals surface area contributed by atoms with Gasteiger partial charge in [-0.25, -0.2) is 0 Å². The molecule has 22 heavy (non-hydrogen) atoms. The largest absolute Gasteiger partial charge is 0.349 e. The van der Waals surface area contributed by atoms with Crippen LogP contribution in [0.4, 0.5) is 0 Å². The molecule has 116 valence electrons. The van der Waals surface area contributed by atoms with Gasteiger partial charge in [0.15, 0.2) is 0 Å². The number of hydrogen-bond donors (Lipinski definition) is 0. The molecule has 0 N–H and O–H groups in total. The van der Waals surface area contributed by atoms with Gasteiger partial charge in [-0.3, -0.25) is 9.69 Å². The van der Waals surface area contributed by atoms with Crippen LogP contribution in [0, 0.1) is 0 Å². The third kappa shape index (κ3) is 3.08. The second kappa shape index (κ2) is 6.63. The molecule has 1 atom stereocenters. The molecule has 3 rings (SSSR count). The first-order chi connectivity index (χ1) is 10.7. The van der Waals surface area contributed by atoms with Gasteiger partial charge >= 0.3 is 0 Å². The van der Waals surface area contributed by atoms with Crippen molar-refractivity contribution in [3.05, 3.63) is 57.8 Å². The summed E-state index contributed by atoms with van der Waals surface area (Å²) in [6, 6.07) is 13.2. The van der Waals surface area contributed by atoms with E-state index in [1.807, 2.05) is 25.4 Å². The van der Waals surface area contributed by atoms with Gasteiger partial charge < -0.3 is 4.90 Å². The molecule has 1 aliphatic rings. The van der Waals surface area contributed by atoms with Gasteiger partial charge in [0.1, 0.15) is 0 Å². The molecular formula is C18H22N2OS. The van der Waals surface area contributed by atoms with Crippen LogP contribution in [0.5, 0.6) is 0 Å². The van der Waals surface area contributed by atoms with Crippen LogP contribution in [-0.2, 0) is 11.2 Å². The van der Waals surface area contributed by atoms with E-state index in [4.69, 9.17) is 0 Å². The summed E-state index contributed by atoms with van der Waals surface area (Å²) in [6.07, 6.45) is 1.67. The van der Waals surface area contributed by atoms with E-state index >= 15 is 0 Å². The molecule has 4 heteroatoms. The summed E-state index contributed by atoms with van der Waals surface area (Å²) >= 11 is 1.85. The third-order valence-corrected chi connectivity index (χ3v) is 5.29. The van der Waals surface area contributed by atoms with Crippen LogP contribution >= 0.6 is 11.3 Å². The first-order valence-electron chi connectivity index (χ1n) is 7.72. The van der Waals surface area contributed by atoms with Gasteiger partial charge in [-0.1, -0.05) is 30.3 Å². The number of thiophene rings is 1. The number of fused-ring (bicyclic) bond motifs is 1. The minimum atomic E-state index is 0.197. The molecule has 2 aromatic rings. The fourth-order valence-electron chi connectivity index (χ4n) is 3.10. The number of amides is 1. The summed E-state index contributed by atoms with van der Waals surface area (Å²) in [5.74, 6) is 0.197. The van der Waals surface area contributed by atoms with E-state index in [-0.39, 0.29) is 11.9 Å². The Morgan fingerprint density at radius 3 is 2.77 bits per heavy atom. The van der Waals surface area contributed by atoms with Crippen molar-refractivity contribution in [1.29, 1.82) is 0 Å². The van der Waals surface area contributed by atoms with Crippen LogP contribution in [0.1, 0.15) is 28.5 Å². The number of carbonyl (C=O) groups is 1. The molecule has 1 aromatic carbocycles. The average Bonchev–Trinajstić information content (AvgIpc) is 3.01. The lowest BCUT2D eigenvalue weighted by Gasteiger charge is -2.36. The van der Waals surface area contributed by atoms with Crippen LogP contribution < -0.4 is 0 Å². The number of carbonyl (C=O) groups excluding carboxylic acids is 1. The zero-order valence-electron chi connectivity index (χ0n) is 13.2. The van der Waals surface area contributed by atoms with Gasteiger partial charge in [-0.15, -0.1) is 11.3 Å². The molecule has 0 radical (unpaired) electrons. The molecule has 1 aliphatic heterocycles. The quantitative estimate of drug-likeness (QED) is 0.865. The van der Waals surface area contributed by atoms with Crippen LogP contribution in [0.3, 0.4) is 0 Å². The summed E-state index contributed by atoms with van der Waals surface area (Å²) in [6.45, 7) is 1.83. The van der Waals surface area contributed by atoms with Crippen LogP contribution in [0.25, 0.3) is 0 Å². The molecule has 0 saturated carbocycles. The van der Waals surface area contributed by atoms with Crippen molar-refractivity contribution in [2.45, 2.75) is 18.9 Å². The highest BCUT2D eigenvalue weighted by atomic mass is 32.1. The molecular weight excluding hydrogens is 292 g/mol. The molecule has 1 aromatic heterocycles. The summed E-state index contributed by atoms with van der Waals surface area (Å²) in [4.78, 5) is 17.5. The first-order valence-corrected chi connectivity index (χ1v) is 8.60. The van der Waals surface area contributed by atoms with Crippen molar-refractivity contribution in [3.63, 3.8) is 0 Å². The Morgan fingerprint density at radius 1 is 1.27 bits per heavy atom. The Morgan fingerprint density at radius 2 is 2.05 bits per heavy atom. The fraction of sp³-hybridized carbons (Fsp3) is 0.389. The number of benzene rings is 1. The van der Waals surface area contributed by atoms with Crippen LogP contribution in [0.2, 0.25) is 0 Å². The van der Waals surface area contributed by atoms with E-state index in [1.165, 1.54) is 16.0 Å². The Balaban J connectivity index is 1.84. The van der Waals surface area contributed by atoms with E-state index < -0.39 is 0 Å². The van der Waals surface area contributed by atoms with Gasteiger partial charge in [0.05, 0.1) is 6.04 Å². The molecule has 0 spiro atoms. The zero-order valence-corrected chi connectivity index (χ0v) is 14.0. The number of nitrogens with zero attached hydrogens (tertiary/aromatic N) is 2. The maximum absolute atomic E-state index is 11.9. The predicted molar refractivity (Wildman–Crippen MR) is 91.2 cm³/mol. The lowest BCUT2D eigenvalue weighted by molar-refractivity contribution is -0.129. The van der Waals surface area contributed by atoms with Crippen molar-refractivity contribution in [2.75, 3.05) is 27.2 Å². The molecule has 0 saturated heterocycles. The van der Waals surface area contributed by atoms with Gasteiger partial charge in [-0.05, 0) is 29.0 Å². The van der Waals surface area contributed by atoms with E-state index in [1.54, 1.807) is 4.90 Å². The van der Waals surface area contributed by atoms with Crippen molar-refractivity contribution in [3.8, 4) is 0 Å². The van der Waals surface area contributed by atoms with E-state index in [9.17, 15) is 4.79 Å². The highest BCUT2D eigenvalue weighted by Crippen LogP contribution is 2.37. The topological polar surface area (TPSA) is 23.6 Å². The van der Waals surface area contributed by atoms with Crippen LogP contribution in [0.15, 0.2) is 41.8 Å². The first kappa shape index (κ1) is 15.3. The van der Waals surface area contributed by atoms with Gasteiger partial charge in [0.2, 0.25) is 5.91 Å². The predicted octanol–water partition coefficient (Wildman–Crippen LogP) is 3.17. The normalized spacial score (nSPS) is 18.0. The average molecular weight is 314 g/mol. The number of rotatable bonds is 4. The van der Waals surface area contributed by atoms with Gasteiger partial charge in [-0.2, -0.15) is 0 Å². The lowest BCUT2D eigenvalue weighted by atomic mass is 9.93. The highest BCUT2D eigenvalue weighted by Gasteiger charge is 2.29. The van der Waals surface area contributed by atoms with E-state index in [2.05, 4.69) is 46.7 Å². The van der Waals surface area contributed by atoms with Gasteiger partial charge in [0.25, 0.3) is 0 Å². The smallest absolute Gasteiger partial charge is 0.223 e. The van der Waals surface area contributed by atoms with Crippen molar-refractivity contribution in [2.24, 2.45) is 0 Å². The Labute approximate surface area is 136 Å². The van der Waals surface area contributed by atoms with E-state index in [0.29, 0.717) is 6.42 Å². The SMILES string of the molecule is CN(C)C(=O)CCN1CCc2sccc2[C@@H]1c1ccccc1. The highest BCUT2D eigenvalue weighted by molar-refractivity contribution is 7.10. The second-order valence-electron chi connectivity index (χ2n) is 5.94. The van der Waals surface area contributed by atoms with Crippen molar-refractivity contribution in [1.82, 2.24) is 9.80 Å². The summed E-state index contributed by atoms with van der Waals surface area (Å²) in [5, 5.41) is 2.19. The minimum absolute atomic E-state index is 0.197. The lowest BCUT2D eigenvalue weighted by Crippen LogP contribution is -2.38. The molecule has 0 bridgehead atoms. The Kier molecular flexibility index (Phi) is 4.60. The Hall–Kier alpha value is -1.65. The van der Waals surface area contributed by atoms with Gasteiger partial charge in [0, 0.05) is 38.5 Å². The Bertz CT molecular complexity index is 636. The van der Waals surface area contributed by atoms with Crippen molar-refractivity contribution >= 4 is 17.2 Å². The molecule has 0 aliphatic carbocycles. The minimum Gasteiger partial charge on any atom is -0.349 e. The molecule has 0 unspecified atom stereocenters. The fourth-order valence-corrected chi connectivity index (χ4v) is 4.00. The summed E-state index contributed by atoms with van der Waals surface area (Å²) in [5.41, 5.74) is 2.74. The van der Waals surface area contributed by atoms with E-state index in [0.717, 1.165) is 19.5 Å². The molecule has 2 heterocycles.